The van der Waals surface area contributed by atoms with Crippen molar-refractivity contribution >= 4 is 18.0 Å². The highest BCUT2D eigenvalue weighted by molar-refractivity contribution is 5.87. The van der Waals surface area contributed by atoms with E-state index in [1.165, 1.54) is 12.0 Å². The fourth-order valence-corrected chi connectivity index (χ4v) is 1.32. The highest BCUT2D eigenvalue weighted by atomic mass is 16.5. The van der Waals surface area contributed by atoms with Gasteiger partial charge >= 0.3 is 11.9 Å². The lowest BCUT2D eigenvalue weighted by Crippen LogP contribution is -2.33. The third-order valence-corrected chi connectivity index (χ3v) is 2.14. The van der Waals surface area contributed by atoms with E-state index in [0.29, 0.717) is 6.61 Å². The maximum absolute atomic E-state index is 11.4. The number of carbonyl (C=O) groups excluding carboxylic acids is 1. The molecule has 0 bridgehead atoms. The van der Waals surface area contributed by atoms with E-state index in [9.17, 15) is 9.59 Å². The van der Waals surface area contributed by atoms with E-state index in [1.54, 1.807) is 6.92 Å². The molecule has 1 aromatic rings. The summed E-state index contributed by atoms with van der Waals surface area (Å²) in [5.74, 6) is -1.65. The first-order valence-corrected chi connectivity index (χ1v) is 5.66. The van der Waals surface area contributed by atoms with Gasteiger partial charge in [-0.05, 0) is 6.92 Å². The molecule has 0 aliphatic heterocycles. The first kappa shape index (κ1) is 15.0. The number of ether oxygens (including phenoxy) is 2. The van der Waals surface area contributed by atoms with Crippen molar-refractivity contribution in [2.75, 3.05) is 38.3 Å². The minimum Gasteiger partial charge on any atom is -0.480 e. The molecule has 19 heavy (non-hydrogen) atoms. The van der Waals surface area contributed by atoms with Crippen molar-refractivity contribution in [1.82, 2.24) is 4.98 Å². The van der Waals surface area contributed by atoms with Crippen LogP contribution in [0.4, 0.5) is 6.01 Å². The average molecular weight is 272 g/mol. The first-order chi connectivity index (χ1) is 9.08. The van der Waals surface area contributed by atoms with Gasteiger partial charge in [0.25, 0.3) is 6.01 Å². The van der Waals surface area contributed by atoms with Crippen molar-refractivity contribution in [3.05, 3.63) is 12.0 Å². The smallest absolute Gasteiger partial charge is 0.360 e. The summed E-state index contributed by atoms with van der Waals surface area (Å²) in [4.78, 5) is 27.4. The molecule has 8 heteroatoms. The second-order valence-corrected chi connectivity index (χ2v) is 3.54. The number of carbonyl (C=O) groups is 2. The van der Waals surface area contributed by atoms with Gasteiger partial charge in [-0.25, -0.2) is 4.79 Å². The van der Waals surface area contributed by atoms with E-state index < -0.39 is 11.9 Å². The molecular weight excluding hydrogens is 256 g/mol. The van der Waals surface area contributed by atoms with Crippen molar-refractivity contribution in [2.45, 2.75) is 6.92 Å². The van der Waals surface area contributed by atoms with Crippen molar-refractivity contribution in [2.24, 2.45) is 0 Å². The fraction of sp³-hybridized carbons (Fsp3) is 0.545. The zero-order valence-electron chi connectivity index (χ0n) is 10.8. The molecule has 0 atom stereocenters. The summed E-state index contributed by atoms with van der Waals surface area (Å²) in [6, 6.07) is 0.0440. The molecule has 0 amide bonds. The predicted octanol–water partition coefficient (Wildman–Crippen LogP) is 0.389. The normalized spacial score (nSPS) is 10.2. The number of anilines is 1. The van der Waals surface area contributed by atoms with Crippen molar-refractivity contribution in [3.8, 4) is 0 Å². The third-order valence-electron chi connectivity index (χ3n) is 2.14. The van der Waals surface area contributed by atoms with Crippen LogP contribution in [0.25, 0.3) is 0 Å². The molecule has 1 heterocycles. The third kappa shape index (κ3) is 4.59. The van der Waals surface area contributed by atoms with Crippen LogP contribution in [0, 0.1) is 0 Å². The topological polar surface area (TPSA) is 102 Å². The Morgan fingerprint density at radius 1 is 1.53 bits per heavy atom. The summed E-state index contributed by atoms with van der Waals surface area (Å²) in [5.41, 5.74) is 0.00431. The Morgan fingerprint density at radius 2 is 2.26 bits per heavy atom. The standard InChI is InChI=1S/C11H16N2O6/c1-3-18-10(16)8-7-19-11(12-8)13(4-5-17-2)6-9(14)15/h7H,3-6H2,1-2H3,(H,14,15). The Hall–Kier alpha value is -2.09. The van der Waals surface area contributed by atoms with Gasteiger partial charge in [-0.2, -0.15) is 4.98 Å². The zero-order chi connectivity index (χ0) is 14.3. The van der Waals surface area contributed by atoms with Crippen LogP contribution >= 0.6 is 0 Å². The number of methoxy groups -OCH3 is 1. The van der Waals surface area contributed by atoms with Gasteiger partial charge in [-0.15, -0.1) is 0 Å². The van der Waals surface area contributed by atoms with Crippen LogP contribution in [0.1, 0.15) is 17.4 Å². The van der Waals surface area contributed by atoms with Crippen molar-refractivity contribution in [3.63, 3.8) is 0 Å². The molecule has 0 aromatic carbocycles. The van der Waals surface area contributed by atoms with Crippen LogP contribution in [0.5, 0.6) is 0 Å². The van der Waals surface area contributed by atoms with Gasteiger partial charge < -0.3 is 23.9 Å². The summed E-state index contributed by atoms with van der Waals surface area (Å²) in [6.07, 6.45) is 1.13. The molecule has 0 fully saturated rings. The van der Waals surface area contributed by atoms with E-state index in [0.717, 1.165) is 6.26 Å². The van der Waals surface area contributed by atoms with E-state index in [1.807, 2.05) is 0 Å². The van der Waals surface area contributed by atoms with Crippen LogP contribution in [0.15, 0.2) is 10.7 Å². The number of carboxylic acid groups (broad SMARTS) is 1. The summed E-state index contributed by atoms with van der Waals surface area (Å²) in [5, 5.41) is 8.80. The zero-order valence-corrected chi connectivity index (χ0v) is 10.8. The molecule has 0 saturated heterocycles. The number of nitrogens with zero attached hydrogens (tertiary/aromatic N) is 2. The van der Waals surface area contributed by atoms with E-state index in [2.05, 4.69) is 4.98 Å². The summed E-state index contributed by atoms with van der Waals surface area (Å²) in [7, 11) is 1.50. The predicted molar refractivity (Wildman–Crippen MR) is 64.2 cm³/mol. The molecule has 0 saturated carbocycles. The summed E-state index contributed by atoms with van der Waals surface area (Å²) >= 11 is 0. The van der Waals surface area contributed by atoms with Crippen molar-refractivity contribution in [1.29, 1.82) is 0 Å². The summed E-state index contributed by atoms with van der Waals surface area (Å²) < 4.78 is 14.7. The minimum absolute atomic E-state index is 0.00431. The monoisotopic (exact) mass is 272 g/mol. The number of esters is 1. The highest BCUT2D eigenvalue weighted by Crippen LogP contribution is 2.14. The molecule has 0 aliphatic rings. The van der Waals surface area contributed by atoms with Crippen LogP contribution in [-0.4, -0.2) is 55.4 Å². The Bertz CT molecular complexity index is 431. The van der Waals surface area contributed by atoms with Gasteiger partial charge in [0.15, 0.2) is 5.69 Å². The number of hydrogen-bond donors (Lipinski definition) is 1. The van der Waals surface area contributed by atoms with E-state index in [-0.39, 0.29) is 31.4 Å². The van der Waals surface area contributed by atoms with E-state index in [4.69, 9.17) is 19.0 Å². The van der Waals surface area contributed by atoms with Crippen LogP contribution in [0.2, 0.25) is 0 Å². The lowest BCUT2D eigenvalue weighted by atomic mass is 10.5. The maximum Gasteiger partial charge on any atom is 0.360 e. The highest BCUT2D eigenvalue weighted by Gasteiger charge is 2.19. The van der Waals surface area contributed by atoms with Crippen LogP contribution < -0.4 is 4.90 Å². The molecular formula is C11H16N2O6. The Balaban J connectivity index is 2.78. The van der Waals surface area contributed by atoms with Crippen molar-refractivity contribution < 1.29 is 28.6 Å². The Morgan fingerprint density at radius 3 is 2.84 bits per heavy atom. The number of hydrogen-bond acceptors (Lipinski definition) is 7. The quantitative estimate of drug-likeness (QED) is 0.678. The SMILES string of the molecule is CCOC(=O)c1coc(N(CCOC)CC(=O)O)n1. The van der Waals surface area contributed by atoms with Crippen LogP contribution in [-0.2, 0) is 14.3 Å². The van der Waals surface area contributed by atoms with Gasteiger partial charge in [0.2, 0.25) is 0 Å². The first-order valence-electron chi connectivity index (χ1n) is 5.66. The maximum atomic E-state index is 11.4. The number of oxazole rings is 1. The van der Waals surface area contributed by atoms with Gasteiger partial charge in [-0.1, -0.05) is 0 Å². The number of rotatable bonds is 8. The molecule has 106 valence electrons. The Kier molecular flexibility index (Phi) is 5.80. The molecule has 1 rings (SSSR count). The lowest BCUT2D eigenvalue weighted by molar-refractivity contribution is -0.135. The number of carboxylic acids is 1. The number of aromatic nitrogens is 1. The number of aliphatic carboxylic acids is 1. The lowest BCUT2D eigenvalue weighted by Gasteiger charge is -2.17. The minimum atomic E-state index is -1.04. The molecule has 0 spiro atoms. The molecule has 0 radical (unpaired) electrons. The average Bonchev–Trinajstić information content (AvgIpc) is 2.84. The fourth-order valence-electron chi connectivity index (χ4n) is 1.32. The van der Waals surface area contributed by atoms with Gasteiger partial charge in [0.1, 0.15) is 12.8 Å². The molecule has 0 aliphatic carbocycles. The molecule has 8 nitrogen and oxygen atoms in total. The van der Waals surface area contributed by atoms with Gasteiger partial charge in [0.05, 0.1) is 13.2 Å². The Labute approximate surface area is 109 Å². The summed E-state index contributed by atoms with van der Waals surface area (Å²) in [6.45, 7) is 2.19. The second kappa shape index (κ2) is 7.37. The van der Waals surface area contributed by atoms with Gasteiger partial charge in [0, 0.05) is 13.7 Å². The largest absolute Gasteiger partial charge is 0.480 e. The molecule has 0 unspecified atom stereocenters. The van der Waals surface area contributed by atoms with E-state index >= 15 is 0 Å². The molecule has 1 N–H and O–H groups in total. The molecule has 1 aromatic heterocycles. The second-order valence-electron chi connectivity index (χ2n) is 3.54. The van der Waals surface area contributed by atoms with Gasteiger partial charge in [-0.3, -0.25) is 4.79 Å². The van der Waals surface area contributed by atoms with Crippen LogP contribution in [0.3, 0.4) is 0 Å².